The molecule has 0 saturated heterocycles. The monoisotopic (exact) mass is 568 g/mol. The molecular weight excluding hydrogens is 532 g/mol. The van der Waals surface area contributed by atoms with Crippen molar-refractivity contribution in [1.82, 2.24) is 4.98 Å². The number of hydrogen-bond donors (Lipinski definition) is 0. The molecule has 218 valence electrons. The molecule has 1 aromatic heterocycles. The number of ether oxygens (including phenoxy) is 6. The second kappa shape index (κ2) is 14.4. The van der Waals surface area contributed by atoms with Gasteiger partial charge < -0.3 is 28.4 Å². The van der Waals surface area contributed by atoms with Crippen molar-refractivity contribution in [3.8, 4) is 22.8 Å². The molecule has 8 rings (SSSR count). The fourth-order valence-electron chi connectivity index (χ4n) is 5.05. The minimum atomic E-state index is -0.0738. The van der Waals surface area contributed by atoms with Crippen molar-refractivity contribution in [1.29, 1.82) is 0 Å². The van der Waals surface area contributed by atoms with Crippen LogP contribution < -0.4 is 9.47 Å². The minimum absolute atomic E-state index is 0.0738. The van der Waals surface area contributed by atoms with Gasteiger partial charge in [-0.2, -0.15) is 0 Å². The molecule has 1 aliphatic carbocycles. The minimum Gasteiger partial charge on any atom is -0.491 e. The van der Waals surface area contributed by atoms with Crippen LogP contribution in [0.1, 0.15) is 22.9 Å². The Kier molecular flexibility index (Phi) is 9.69. The molecule has 3 aromatic rings. The van der Waals surface area contributed by atoms with E-state index in [0.717, 1.165) is 45.3 Å². The molecule has 8 bridgehead atoms. The third kappa shape index (κ3) is 7.33. The molecule has 0 spiro atoms. The number of pyridine rings is 1. The van der Waals surface area contributed by atoms with Gasteiger partial charge in [0, 0.05) is 11.5 Å². The van der Waals surface area contributed by atoms with Gasteiger partial charge in [0.05, 0.1) is 70.0 Å². The second-order valence-corrected chi connectivity index (χ2v) is 10.1. The van der Waals surface area contributed by atoms with Gasteiger partial charge in [-0.05, 0) is 71.8 Å². The number of fused-ring (bicyclic) bond motifs is 2. The van der Waals surface area contributed by atoms with Crippen molar-refractivity contribution < 1.29 is 28.4 Å². The highest BCUT2D eigenvalue weighted by atomic mass is 16.6. The molecule has 0 radical (unpaired) electrons. The molecule has 5 aliphatic rings. The van der Waals surface area contributed by atoms with Crippen LogP contribution in [0.3, 0.4) is 0 Å². The number of benzene rings is 2. The third-order valence-corrected chi connectivity index (χ3v) is 7.26. The summed E-state index contributed by atoms with van der Waals surface area (Å²) >= 11 is 0. The van der Waals surface area contributed by atoms with Crippen molar-refractivity contribution in [3.05, 3.63) is 95.7 Å². The van der Waals surface area contributed by atoms with Crippen molar-refractivity contribution >= 4 is 11.8 Å². The summed E-state index contributed by atoms with van der Waals surface area (Å²) in [5, 5.41) is 0. The van der Waals surface area contributed by atoms with Crippen LogP contribution in [0.4, 0.5) is 0 Å². The van der Waals surface area contributed by atoms with Gasteiger partial charge in [0.1, 0.15) is 30.8 Å². The second-order valence-electron chi connectivity index (χ2n) is 10.1. The van der Waals surface area contributed by atoms with E-state index in [1.165, 1.54) is 0 Å². The van der Waals surface area contributed by atoms with E-state index in [-0.39, 0.29) is 12.0 Å². The fraction of sp³-hybridized carbons (Fsp3) is 0.353. The lowest BCUT2D eigenvalue weighted by atomic mass is 9.85. The zero-order valence-electron chi connectivity index (χ0n) is 23.7. The summed E-state index contributed by atoms with van der Waals surface area (Å²) in [7, 11) is 0. The molecule has 0 N–H and O–H groups in total. The molecule has 42 heavy (non-hydrogen) atoms. The van der Waals surface area contributed by atoms with E-state index in [2.05, 4.69) is 36.4 Å². The predicted molar refractivity (Wildman–Crippen MR) is 161 cm³/mol. The normalized spacial score (nSPS) is 21.8. The molecule has 5 heterocycles. The Morgan fingerprint density at radius 2 is 1.05 bits per heavy atom. The molecule has 0 amide bonds. The van der Waals surface area contributed by atoms with Crippen molar-refractivity contribution in [3.63, 3.8) is 0 Å². The maximum Gasteiger partial charge on any atom is 0.119 e. The maximum absolute atomic E-state index is 5.86. The van der Waals surface area contributed by atoms with Crippen molar-refractivity contribution in [2.45, 2.75) is 6.04 Å². The number of hydrogen-bond acceptors (Lipinski definition) is 8. The van der Waals surface area contributed by atoms with Crippen LogP contribution in [0.2, 0.25) is 0 Å². The van der Waals surface area contributed by atoms with Crippen molar-refractivity contribution in [2.75, 3.05) is 66.1 Å². The number of dihydropyridines is 1. The molecule has 8 nitrogen and oxygen atoms in total. The first-order valence-corrected chi connectivity index (χ1v) is 14.6. The number of aliphatic imine (C=N–C) groups is 1. The number of allylic oxidation sites excluding steroid dienone is 1. The highest BCUT2D eigenvalue weighted by molar-refractivity contribution is 6.09. The van der Waals surface area contributed by atoms with Crippen LogP contribution in [0, 0.1) is 5.92 Å². The summed E-state index contributed by atoms with van der Waals surface area (Å²) in [4.78, 5) is 10.3. The van der Waals surface area contributed by atoms with E-state index in [9.17, 15) is 0 Å². The Morgan fingerprint density at radius 3 is 1.64 bits per heavy atom. The highest BCUT2D eigenvalue weighted by Crippen LogP contribution is 2.38. The van der Waals surface area contributed by atoms with E-state index < -0.39 is 0 Å². The first kappa shape index (κ1) is 28.3. The van der Waals surface area contributed by atoms with Crippen LogP contribution in [0.5, 0.6) is 11.5 Å². The average Bonchev–Trinajstić information content (AvgIpc) is 3.04. The van der Waals surface area contributed by atoms with Crippen LogP contribution in [-0.2, 0) is 18.9 Å². The van der Waals surface area contributed by atoms with Gasteiger partial charge in [0.2, 0.25) is 0 Å². The Hall–Kier alpha value is -3.82. The summed E-state index contributed by atoms with van der Waals surface area (Å²) in [5.41, 5.74) is 6.03. The van der Waals surface area contributed by atoms with Gasteiger partial charge in [-0.25, -0.2) is 4.98 Å². The fourth-order valence-corrected chi connectivity index (χ4v) is 5.05. The lowest BCUT2D eigenvalue weighted by Gasteiger charge is -2.28. The topological polar surface area (TPSA) is 80.6 Å². The van der Waals surface area contributed by atoms with E-state index in [1.54, 1.807) is 0 Å². The number of rotatable bonds is 0. The average molecular weight is 569 g/mol. The number of aromatic nitrogens is 1. The Labute approximate surface area is 246 Å². The van der Waals surface area contributed by atoms with E-state index in [0.29, 0.717) is 66.1 Å². The standard InChI is InChI=1S/C34H36N2O6/c1-2-28-8-14-32-26-5-11-30(12-6-26)42-24-22-40-20-18-38-16-15-37-17-19-39-21-23-41-29-9-3-25(4-10-29)31-13-7-27(1)33(35-31)34(28)36-32/h1-14,27,33H,15-24H2. The molecule has 2 aromatic carbocycles. The summed E-state index contributed by atoms with van der Waals surface area (Å²) in [6, 6.07) is 20.2. The van der Waals surface area contributed by atoms with E-state index >= 15 is 0 Å². The molecule has 2 unspecified atom stereocenters. The summed E-state index contributed by atoms with van der Waals surface area (Å²) in [6.45, 7) is 5.01. The highest BCUT2D eigenvalue weighted by Gasteiger charge is 2.29. The molecule has 8 heteroatoms. The molecule has 4 aliphatic heterocycles. The summed E-state index contributed by atoms with van der Waals surface area (Å²) in [5.74, 6) is 1.77. The maximum atomic E-state index is 5.86. The third-order valence-electron chi connectivity index (χ3n) is 7.26. The first-order valence-electron chi connectivity index (χ1n) is 14.6. The van der Waals surface area contributed by atoms with E-state index in [4.69, 9.17) is 38.4 Å². The number of nitrogens with zero attached hydrogens (tertiary/aromatic N) is 2. The van der Waals surface area contributed by atoms with Gasteiger partial charge in [-0.15, -0.1) is 0 Å². The Bertz CT molecular complexity index is 1400. The smallest absolute Gasteiger partial charge is 0.119 e. The van der Waals surface area contributed by atoms with Crippen LogP contribution in [0.25, 0.3) is 17.3 Å². The lowest BCUT2D eigenvalue weighted by Crippen LogP contribution is -2.19. The molecule has 2 atom stereocenters. The van der Waals surface area contributed by atoms with E-state index in [1.807, 2.05) is 48.5 Å². The molecule has 0 fully saturated rings. The van der Waals surface area contributed by atoms with Gasteiger partial charge in [0.15, 0.2) is 0 Å². The lowest BCUT2D eigenvalue weighted by molar-refractivity contribution is -0.00698. The SMILES string of the molecule is C1=CC2C=Cc3ccc4nc3C2N=C1c1ccc(cc1)OCCOCCOCCOCCOCCOc1ccc-4cc1. The molecular formula is C34H36N2O6. The predicted octanol–water partition coefficient (Wildman–Crippen LogP) is 5.33. The van der Waals surface area contributed by atoms with Gasteiger partial charge in [-0.3, -0.25) is 4.99 Å². The van der Waals surface area contributed by atoms with Crippen LogP contribution >= 0.6 is 0 Å². The zero-order valence-corrected chi connectivity index (χ0v) is 23.7. The first-order chi connectivity index (χ1) is 20.8. The van der Waals surface area contributed by atoms with Crippen LogP contribution in [0.15, 0.2) is 83.9 Å². The molecule has 0 saturated carbocycles. The summed E-state index contributed by atoms with van der Waals surface area (Å²) < 4.78 is 34.0. The zero-order chi connectivity index (χ0) is 28.4. The van der Waals surface area contributed by atoms with Crippen molar-refractivity contribution in [2.24, 2.45) is 10.9 Å². The Balaban J connectivity index is 1.18. The largest absolute Gasteiger partial charge is 0.491 e. The van der Waals surface area contributed by atoms with Crippen LogP contribution in [-0.4, -0.2) is 76.8 Å². The quantitative estimate of drug-likeness (QED) is 0.363. The Morgan fingerprint density at radius 1 is 0.524 bits per heavy atom. The van der Waals surface area contributed by atoms with Gasteiger partial charge >= 0.3 is 0 Å². The van der Waals surface area contributed by atoms with Gasteiger partial charge in [0.25, 0.3) is 0 Å². The summed E-state index contributed by atoms with van der Waals surface area (Å²) in [6.07, 6.45) is 8.69. The van der Waals surface area contributed by atoms with Gasteiger partial charge in [-0.1, -0.05) is 24.3 Å².